The van der Waals surface area contributed by atoms with Crippen LogP contribution >= 0.6 is 0 Å². The van der Waals surface area contributed by atoms with Crippen LogP contribution in [0.2, 0.25) is 0 Å². The third kappa shape index (κ3) is 3.34. The van der Waals surface area contributed by atoms with E-state index in [9.17, 15) is 4.79 Å². The minimum atomic E-state index is -0.291. The van der Waals surface area contributed by atoms with Crippen molar-refractivity contribution in [1.29, 1.82) is 0 Å². The van der Waals surface area contributed by atoms with Gasteiger partial charge in [-0.15, -0.1) is 0 Å². The summed E-state index contributed by atoms with van der Waals surface area (Å²) in [5.41, 5.74) is 1.39. The highest BCUT2D eigenvalue weighted by molar-refractivity contribution is 6.06. The van der Waals surface area contributed by atoms with E-state index in [0.717, 1.165) is 18.5 Å². The Hall–Kier alpha value is -2.50. The molecule has 0 saturated carbocycles. The number of H-pyrrole nitrogens is 1. The summed E-state index contributed by atoms with van der Waals surface area (Å²) in [6.45, 7) is 2.08. The van der Waals surface area contributed by atoms with Crippen LogP contribution in [0.4, 0.5) is 5.82 Å². The van der Waals surface area contributed by atoms with E-state index in [1.54, 1.807) is 18.2 Å². The van der Waals surface area contributed by atoms with Crippen molar-refractivity contribution in [2.24, 2.45) is 0 Å². The number of para-hydroxylation sites is 1. The van der Waals surface area contributed by atoms with Gasteiger partial charge in [0.25, 0.3) is 5.91 Å². The van der Waals surface area contributed by atoms with Crippen molar-refractivity contribution in [1.82, 2.24) is 10.2 Å². The highest BCUT2D eigenvalue weighted by Gasteiger charge is 2.17. The highest BCUT2D eigenvalue weighted by Crippen LogP contribution is 2.31. The molecule has 6 nitrogen and oxygen atoms in total. The van der Waals surface area contributed by atoms with Gasteiger partial charge in [0.1, 0.15) is 0 Å². The average molecular weight is 289 g/mol. The molecular formula is C15H19N3O3. The van der Waals surface area contributed by atoms with E-state index in [1.807, 2.05) is 6.07 Å². The number of amides is 1. The van der Waals surface area contributed by atoms with Gasteiger partial charge in [0.2, 0.25) is 0 Å². The lowest BCUT2D eigenvalue weighted by Gasteiger charge is -2.11. The third-order valence-electron chi connectivity index (χ3n) is 3.04. The molecule has 0 radical (unpaired) electrons. The Kier molecular flexibility index (Phi) is 4.81. The number of nitrogens with zero attached hydrogens (tertiary/aromatic N) is 1. The molecule has 0 aliphatic rings. The van der Waals surface area contributed by atoms with Crippen molar-refractivity contribution in [3.8, 4) is 11.5 Å². The molecule has 21 heavy (non-hydrogen) atoms. The number of ether oxygens (including phenoxy) is 2. The molecule has 0 atom stereocenters. The number of aromatic nitrogens is 2. The van der Waals surface area contributed by atoms with Crippen LogP contribution in [0.15, 0.2) is 24.3 Å². The van der Waals surface area contributed by atoms with Crippen molar-refractivity contribution >= 4 is 11.7 Å². The molecule has 0 spiro atoms. The van der Waals surface area contributed by atoms with Gasteiger partial charge in [0.15, 0.2) is 17.3 Å². The number of benzene rings is 1. The molecule has 6 heteroatoms. The van der Waals surface area contributed by atoms with E-state index in [0.29, 0.717) is 22.9 Å². The Morgan fingerprint density at radius 1 is 1.33 bits per heavy atom. The maximum absolute atomic E-state index is 12.3. The summed E-state index contributed by atoms with van der Waals surface area (Å²) >= 11 is 0. The molecule has 0 bridgehead atoms. The normalized spacial score (nSPS) is 10.2. The number of carbonyl (C=O) groups is 1. The molecule has 2 N–H and O–H groups in total. The zero-order valence-corrected chi connectivity index (χ0v) is 12.4. The number of aromatic amines is 1. The minimum Gasteiger partial charge on any atom is -0.493 e. The van der Waals surface area contributed by atoms with E-state index in [1.165, 1.54) is 14.2 Å². The number of methoxy groups -OCH3 is 2. The molecule has 1 amide bonds. The summed E-state index contributed by atoms with van der Waals surface area (Å²) in [4.78, 5) is 12.3. The molecule has 1 heterocycles. The maximum atomic E-state index is 12.3. The second kappa shape index (κ2) is 6.78. The first-order valence-corrected chi connectivity index (χ1v) is 6.76. The van der Waals surface area contributed by atoms with Crippen molar-refractivity contribution in [3.05, 3.63) is 35.5 Å². The van der Waals surface area contributed by atoms with Gasteiger partial charge in [0, 0.05) is 11.8 Å². The van der Waals surface area contributed by atoms with E-state index in [2.05, 4.69) is 22.4 Å². The lowest BCUT2D eigenvalue weighted by molar-refractivity contribution is 0.102. The van der Waals surface area contributed by atoms with E-state index in [-0.39, 0.29) is 5.91 Å². The minimum absolute atomic E-state index is 0.291. The number of nitrogens with one attached hydrogen (secondary N) is 2. The first kappa shape index (κ1) is 14.9. The van der Waals surface area contributed by atoms with Crippen LogP contribution in [0.5, 0.6) is 11.5 Å². The van der Waals surface area contributed by atoms with Crippen molar-refractivity contribution in [2.45, 2.75) is 19.8 Å². The summed E-state index contributed by atoms with van der Waals surface area (Å²) in [5, 5.41) is 9.71. The molecule has 112 valence electrons. The third-order valence-corrected chi connectivity index (χ3v) is 3.04. The molecule has 0 unspecified atom stereocenters. The van der Waals surface area contributed by atoms with Crippen molar-refractivity contribution in [3.63, 3.8) is 0 Å². The van der Waals surface area contributed by atoms with Gasteiger partial charge in [-0.3, -0.25) is 9.89 Å². The van der Waals surface area contributed by atoms with Crippen molar-refractivity contribution < 1.29 is 14.3 Å². The predicted octanol–water partition coefficient (Wildman–Crippen LogP) is 2.63. The molecular weight excluding hydrogens is 270 g/mol. The van der Waals surface area contributed by atoms with Crippen LogP contribution in [0.3, 0.4) is 0 Å². The fraction of sp³-hybridized carbons (Fsp3) is 0.333. The fourth-order valence-corrected chi connectivity index (χ4v) is 2.07. The number of carbonyl (C=O) groups excluding carboxylic acids is 1. The Morgan fingerprint density at radius 2 is 2.14 bits per heavy atom. The Morgan fingerprint density at radius 3 is 2.81 bits per heavy atom. The van der Waals surface area contributed by atoms with Gasteiger partial charge >= 0.3 is 0 Å². The van der Waals surface area contributed by atoms with Crippen LogP contribution in [0.25, 0.3) is 0 Å². The quantitative estimate of drug-likeness (QED) is 0.857. The molecule has 0 fully saturated rings. The monoisotopic (exact) mass is 289 g/mol. The molecule has 0 aliphatic heterocycles. The number of aryl methyl sites for hydroxylation is 1. The van der Waals surface area contributed by atoms with E-state index >= 15 is 0 Å². The standard InChI is InChI=1S/C15H19N3O3/c1-4-6-10-9-13(18-17-10)16-15(19)11-7-5-8-12(20-2)14(11)21-3/h5,7-9H,4,6H2,1-3H3,(H2,16,17,18,19). The zero-order chi connectivity index (χ0) is 15.2. The molecule has 2 rings (SSSR count). The van der Waals surface area contributed by atoms with Crippen LogP contribution in [0.1, 0.15) is 29.4 Å². The van der Waals surface area contributed by atoms with Gasteiger partial charge < -0.3 is 14.8 Å². The Bertz CT molecular complexity index is 622. The summed E-state index contributed by atoms with van der Waals surface area (Å²) in [6.07, 6.45) is 1.91. The van der Waals surface area contributed by atoms with E-state index in [4.69, 9.17) is 9.47 Å². The van der Waals surface area contributed by atoms with Crippen LogP contribution in [-0.4, -0.2) is 30.3 Å². The van der Waals surface area contributed by atoms with Gasteiger partial charge in [-0.1, -0.05) is 19.4 Å². The lowest BCUT2D eigenvalue weighted by Crippen LogP contribution is -2.13. The second-order valence-corrected chi connectivity index (χ2v) is 4.52. The van der Waals surface area contributed by atoms with Crippen molar-refractivity contribution in [2.75, 3.05) is 19.5 Å². The highest BCUT2D eigenvalue weighted by atomic mass is 16.5. The number of hydrogen-bond donors (Lipinski definition) is 2. The maximum Gasteiger partial charge on any atom is 0.260 e. The predicted molar refractivity (Wildman–Crippen MR) is 80.1 cm³/mol. The lowest BCUT2D eigenvalue weighted by atomic mass is 10.1. The van der Waals surface area contributed by atoms with Gasteiger partial charge in [-0.05, 0) is 18.6 Å². The Balaban J connectivity index is 2.19. The summed E-state index contributed by atoms with van der Waals surface area (Å²) in [7, 11) is 3.03. The van der Waals surface area contributed by atoms with Gasteiger partial charge in [0.05, 0.1) is 19.8 Å². The van der Waals surface area contributed by atoms with Gasteiger partial charge in [-0.2, -0.15) is 5.10 Å². The zero-order valence-electron chi connectivity index (χ0n) is 12.4. The largest absolute Gasteiger partial charge is 0.493 e. The number of anilines is 1. The molecule has 0 saturated heterocycles. The molecule has 1 aromatic carbocycles. The summed E-state index contributed by atoms with van der Waals surface area (Å²) in [6, 6.07) is 6.98. The second-order valence-electron chi connectivity index (χ2n) is 4.52. The topological polar surface area (TPSA) is 76.2 Å². The average Bonchev–Trinajstić information content (AvgIpc) is 2.93. The fourth-order valence-electron chi connectivity index (χ4n) is 2.07. The van der Waals surface area contributed by atoms with E-state index < -0.39 is 0 Å². The SMILES string of the molecule is CCCc1cc(NC(=O)c2cccc(OC)c2OC)n[nH]1. The molecule has 2 aromatic rings. The summed E-state index contributed by atoms with van der Waals surface area (Å²) < 4.78 is 10.4. The summed E-state index contributed by atoms with van der Waals surface area (Å²) in [5.74, 6) is 1.12. The smallest absolute Gasteiger partial charge is 0.260 e. The van der Waals surface area contributed by atoms with Crippen LogP contribution < -0.4 is 14.8 Å². The van der Waals surface area contributed by atoms with Crippen LogP contribution in [-0.2, 0) is 6.42 Å². The first-order valence-electron chi connectivity index (χ1n) is 6.76. The molecule has 1 aromatic heterocycles. The number of hydrogen-bond acceptors (Lipinski definition) is 4. The Labute approximate surface area is 123 Å². The first-order chi connectivity index (χ1) is 10.2. The number of rotatable bonds is 6. The molecule has 0 aliphatic carbocycles. The van der Waals surface area contributed by atoms with Gasteiger partial charge in [-0.25, -0.2) is 0 Å². The van der Waals surface area contributed by atoms with Crippen LogP contribution in [0, 0.1) is 0 Å².